The summed E-state index contributed by atoms with van der Waals surface area (Å²) in [6, 6.07) is -0.711. The van der Waals surface area contributed by atoms with Gasteiger partial charge >= 0.3 is 0 Å². The molecule has 130 valence electrons. The van der Waals surface area contributed by atoms with E-state index in [2.05, 4.69) is 10.3 Å². The number of hydrogen-bond donors (Lipinski definition) is 4. The molecule has 0 aromatic carbocycles. The number of aromatic amines is 1. The Morgan fingerprint density at radius 2 is 2.04 bits per heavy atom. The van der Waals surface area contributed by atoms with E-state index in [-0.39, 0.29) is 28.3 Å². The second kappa shape index (κ2) is 6.61. The van der Waals surface area contributed by atoms with E-state index in [4.69, 9.17) is 27.9 Å². The molecular formula is C15H22Cl2N2O4. The van der Waals surface area contributed by atoms with Gasteiger partial charge in [0, 0.05) is 12.1 Å². The normalized spacial score (nSPS) is 32.6. The first-order chi connectivity index (χ1) is 10.6. The molecule has 1 aliphatic heterocycles. The Labute approximate surface area is 145 Å². The van der Waals surface area contributed by atoms with Crippen molar-refractivity contribution in [3.05, 3.63) is 21.4 Å². The summed E-state index contributed by atoms with van der Waals surface area (Å²) in [4.78, 5) is 15.2. The molecule has 1 saturated heterocycles. The van der Waals surface area contributed by atoms with Crippen molar-refractivity contribution in [2.75, 3.05) is 0 Å². The van der Waals surface area contributed by atoms with Crippen molar-refractivity contribution in [1.29, 1.82) is 0 Å². The van der Waals surface area contributed by atoms with Crippen molar-refractivity contribution in [1.82, 2.24) is 10.3 Å². The summed E-state index contributed by atoms with van der Waals surface area (Å²) in [7, 11) is 0. The molecule has 0 aliphatic carbocycles. The summed E-state index contributed by atoms with van der Waals surface area (Å²) in [6.45, 7) is 6.84. The molecule has 0 saturated carbocycles. The number of aryl methyl sites for hydroxylation is 1. The second-order valence-electron chi connectivity index (χ2n) is 6.24. The first-order valence-corrected chi connectivity index (χ1v) is 8.23. The van der Waals surface area contributed by atoms with E-state index in [9.17, 15) is 15.0 Å². The third-order valence-corrected chi connectivity index (χ3v) is 5.34. The Kier molecular flexibility index (Phi) is 5.33. The molecule has 5 atom stereocenters. The van der Waals surface area contributed by atoms with E-state index in [0.717, 1.165) is 0 Å². The molecule has 8 heteroatoms. The maximum Gasteiger partial charge on any atom is 0.269 e. The highest BCUT2D eigenvalue weighted by molar-refractivity contribution is 6.44. The van der Waals surface area contributed by atoms with E-state index < -0.39 is 29.8 Å². The van der Waals surface area contributed by atoms with Gasteiger partial charge in [0.25, 0.3) is 5.91 Å². The number of aliphatic hydroxyl groups excluding tert-OH is 1. The average Bonchev–Trinajstić information content (AvgIpc) is 2.72. The van der Waals surface area contributed by atoms with Crippen LogP contribution in [-0.4, -0.2) is 51.1 Å². The van der Waals surface area contributed by atoms with Crippen LogP contribution in [0, 0.1) is 6.92 Å². The summed E-state index contributed by atoms with van der Waals surface area (Å²) >= 11 is 12.0. The number of amides is 1. The fourth-order valence-electron chi connectivity index (χ4n) is 3.03. The standard InChI is InChI=1S/C15H22Cl2N2O4/c1-6-5-15(22,13(20)8(3)23-6)9(4)19-14(21)12-11(17)10(16)7(2)18-12/h6,8-9,13,18,20,22H,5H2,1-4H3,(H,19,21)/t6-,8-,9+,13-,15-/m1/s1. The van der Waals surface area contributed by atoms with Gasteiger partial charge in [-0.05, 0) is 27.7 Å². The van der Waals surface area contributed by atoms with E-state index in [1.165, 1.54) is 0 Å². The highest BCUT2D eigenvalue weighted by atomic mass is 35.5. The van der Waals surface area contributed by atoms with Crippen molar-refractivity contribution in [3.63, 3.8) is 0 Å². The molecule has 23 heavy (non-hydrogen) atoms. The Bertz CT molecular complexity index is 607. The van der Waals surface area contributed by atoms with Crippen LogP contribution in [0.25, 0.3) is 0 Å². The Balaban J connectivity index is 2.18. The minimum Gasteiger partial charge on any atom is -0.387 e. The predicted molar refractivity (Wildman–Crippen MR) is 88.1 cm³/mol. The highest BCUT2D eigenvalue weighted by Crippen LogP contribution is 2.33. The van der Waals surface area contributed by atoms with Crippen LogP contribution in [-0.2, 0) is 4.74 Å². The monoisotopic (exact) mass is 364 g/mol. The van der Waals surface area contributed by atoms with Gasteiger partial charge in [0.2, 0.25) is 0 Å². The Hall–Kier alpha value is -0.790. The summed E-state index contributed by atoms with van der Waals surface area (Å²) in [5.41, 5.74) is -0.779. The fourth-order valence-corrected chi connectivity index (χ4v) is 3.45. The molecule has 1 aliphatic rings. The number of rotatable bonds is 3. The van der Waals surface area contributed by atoms with Gasteiger partial charge in [0.15, 0.2) is 0 Å². The van der Waals surface area contributed by atoms with Crippen molar-refractivity contribution < 1.29 is 19.7 Å². The molecule has 0 bridgehead atoms. The number of carbonyl (C=O) groups excluding carboxylic acids is 1. The minimum atomic E-state index is -1.50. The SMILES string of the molecule is Cc1[nH]c(C(=O)N[C@@H](C)[C@]2(O)C[C@@H](C)O[C@H](C)[C@H]2O)c(Cl)c1Cl. The van der Waals surface area contributed by atoms with Crippen LogP contribution in [0.3, 0.4) is 0 Å². The molecule has 1 aromatic rings. The zero-order valence-electron chi connectivity index (χ0n) is 13.5. The molecule has 2 rings (SSSR count). The fraction of sp³-hybridized carbons (Fsp3) is 0.667. The van der Waals surface area contributed by atoms with Gasteiger partial charge < -0.3 is 25.3 Å². The van der Waals surface area contributed by atoms with E-state index in [1.807, 2.05) is 6.92 Å². The number of H-pyrrole nitrogens is 1. The van der Waals surface area contributed by atoms with Crippen molar-refractivity contribution >= 4 is 29.1 Å². The van der Waals surface area contributed by atoms with Crippen molar-refractivity contribution in [3.8, 4) is 0 Å². The number of aliphatic hydroxyl groups is 2. The molecule has 1 fully saturated rings. The van der Waals surface area contributed by atoms with E-state index in [0.29, 0.717) is 5.69 Å². The molecule has 0 spiro atoms. The topological polar surface area (TPSA) is 94.6 Å². The molecule has 2 heterocycles. The highest BCUT2D eigenvalue weighted by Gasteiger charge is 2.49. The maximum absolute atomic E-state index is 12.4. The lowest BCUT2D eigenvalue weighted by Crippen LogP contribution is -2.65. The number of carbonyl (C=O) groups is 1. The largest absolute Gasteiger partial charge is 0.387 e. The molecule has 0 radical (unpaired) electrons. The lowest BCUT2D eigenvalue weighted by Gasteiger charge is -2.46. The minimum absolute atomic E-state index is 0.132. The lowest BCUT2D eigenvalue weighted by atomic mass is 9.79. The van der Waals surface area contributed by atoms with Crippen LogP contribution in [0.2, 0.25) is 10.0 Å². The average molecular weight is 365 g/mol. The van der Waals surface area contributed by atoms with Crippen LogP contribution in [0.1, 0.15) is 43.4 Å². The third-order valence-electron chi connectivity index (χ3n) is 4.40. The van der Waals surface area contributed by atoms with E-state index in [1.54, 1.807) is 20.8 Å². The summed E-state index contributed by atoms with van der Waals surface area (Å²) in [5, 5.41) is 24.3. The van der Waals surface area contributed by atoms with Crippen LogP contribution in [0.4, 0.5) is 0 Å². The number of hydrogen-bond acceptors (Lipinski definition) is 4. The second-order valence-corrected chi connectivity index (χ2v) is 7.00. The van der Waals surface area contributed by atoms with Gasteiger partial charge in [-0.3, -0.25) is 4.79 Å². The smallest absolute Gasteiger partial charge is 0.269 e. The first kappa shape index (κ1) is 18.5. The predicted octanol–water partition coefficient (Wildman–Crippen LogP) is 2.04. The third kappa shape index (κ3) is 3.37. The van der Waals surface area contributed by atoms with Gasteiger partial charge in [-0.2, -0.15) is 0 Å². The molecule has 4 N–H and O–H groups in total. The Morgan fingerprint density at radius 3 is 2.57 bits per heavy atom. The van der Waals surface area contributed by atoms with Gasteiger partial charge in [0.1, 0.15) is 17.4 Å². The van der Waals surface area contributed by atoms with Gasteiger partial charge in [0.05, 0.1) is 28.3 Å². The lowest BCUT2D eigenvalue weighted by molar-refractivity contribution is -0.215. The van der Waals surface area contributed by atoms with Crippen molar-refractivity contribution in [2.45, 2.75) is 64.1 Å². The van der Waals surface area contributed by atoms with Gasteiger partial charge in [-0.1, -0.05) is 23.2 Å². The van der Waals surface area contributed by atoms with Gasteiger partial charge in [-0.25, -0.2) is 0 Å². The van der Waals surface area contributed by atoms with Crippen LogP contribution >= 0.6 is 23.2 Å². The van der Waals surface area contributed by atoms with Gasteiger partial charge in [-0.15, -0.1) is 0 Å². The zero-order chi connectivity index (χ0) is 17.5. The summed E-state index contributed by atoms with van der Waals surface area (Å²) in [5.74, 6) is -0.495. The van der Waals surface area contributed by atoms with E-state index >= 15 is 0 Å². The first-order valence-electron chi connectivity index (χ1n) is 7.48. The molecule has 1 amide bonds. The Morgan fingerprint density at radius 1 is 1.43 bits per heavy atom. The van der Waals surface area contributed by atoms with Crippen molar-refractivity contribution in [2.24, 2.45) is 0 Å². The number of ether oxygens (including phenoxy) is 1. The molecule has 6 nitrogen and oxygen atoms in total. The number of halogens is 2. The molecule has 1 aromatic heterocycles. The number of aromatic nitrogens is 1. The summed E-state index contributed by atoms with van der Waals surface area (Å²) in [6.07, 6.45) is -1.67. The quantitative estimate of drug-likeness (QED) is 0.659. The molecular weight excluding hydrogens is 343 g/mol. The van der Waals surface area contributed by atoms with Crippen LogP contribution < -0.4 is 5.32 Å². The maximum atomic E-state index is 12.4. The molecule has 0 unspecified atom stereocenters. The van der Waals surface area contributed by atoms with Crippen LogP contribution in [0.15, 0.2) is 0 Å². The zero-order valence-corrected chi connectivity index (χ0v) is 15.0. The number of nitrogens with one attached hydrogen (secondary N) is 2. The van der Waals surface area contributed by atoms with Crippen LogP contribution in [0.5, 0.6) is 0 Å². The summed E-state index contributed by atoms with van der Waals surface area (Å²) < 4.78 is 5.50.